The first-order valence-corrected chi connectivity index (χ1v) is 10.2. The molecular formula is C18H22N4O4S. The number of Topliss-reactive ketones (excluding diaryl/α,β-unsaturated/α-hetero) is 1. The van der Waals surface area contributed by atoms with Gasteiger partial charge in [0.1, 0.15) is 12.2 Å². The summed E-state index contributed by atoms with van der Waals surface area (Å²) in [7, 11) is -3.47. The lowest BCUT2D eigenvalue weighted by molar-refractivity contribution is -0.116. The first-order valence-electron chi connectivity index (χ1n) is 8.72. The Morgan fingerprint density at radius 3 is 2.37 bits per heavy atom. The molecule has 0 aliphatic carbocycles. The van der Waals surface area contributed by atoms with Crippen LogP contribution in [0.2, 0.25) is 0 Å². The number of carbonyl (C=O) groups excluding carboxylic acids is 2. The van der Waals surface area contributed by atoms with E-state index in [2.05, 4.69) is 10.3 Å². The van der Waals surface area contributed by atoms with E-state index in [1.54, 1.807) is 19.1 Å². The molecule has 1 aliphatic rings. The number of anilines is 1. The van der Waals surface area contributed by atoms with E-state index in [1.807, 2.05) is 0 Å². The van der Waals surface area contributed by atoms with Crippen LogP contribution in [-0.4, -0.2) is 47.1 Å². The zero-order chi connectivity index (χ0) is 19.6. The number of carbonyl (C=O) groups is 2. The van der Waals surface area contributed by atoms with Crippen LogP contribution in [0.1, 0.15) is 35.9 Å². The Labute approximate surface area is 158 Å². The van der Waals surface area contributed by atoms with Gasteiger partial charge in [0.15, 0.2) is 5.78 Å². The maximum atomic E-state index is 12.5. The van der Waals surface area contributed by atoms with Gasteiger partial charge in [-0.15, -0.1) is 0 Å². The predicted molar refractivity (Wildman–Crippen MR) is 100 cm³/mol. The van der Waals surface area contributed by atoms with Crippen molar-refractivity contribution in [2.45, 2.75) is 38.1 Å². The molecule has 0 bridgehead atoms. The van der Waals surface area contributed by atoms with Crippen LogP contribution in [0.5, 0.6) is 0 Å². The lowest BCUT2D eigenvalue weighted by Crippen LogP contribution is -2.27. The second-order valence-electron chi connectivity index (χ2n) is 6.55. The molecular weight excluding hydrogens is 368 g/mol. The molecule has 1 amide bonds. The number of nitrogens with one attached hydrogen (secondary N) is 1. The van der Waals surface area contributed by atoms with Gasteiger partial charge >= 0.3 is 0 Å². The van der Waals surface area contributed by atoms with Gasteiger partial charge < -0.3 is 9.88 Å². The third-order valence-electron chi connectivity index (χ3n) is 4.51. The van der Waals surface area contributed by atoms with Crippen molar-refractivity contribution in [3.05, 3.63) is 42.0 Å². The molecule has 0 saturated carbocycles. The van der Waals surface area contributed by atoms with Gasteiger partial charge in [0.25, 0.3) is 0 Å². The molecule has 2 heterocycles. The average Bonchev–Trinajstić information content (AvgIpc) is 3.26. The summed E-state index contributed by atoms with van der Waals surface area (Å²) in [6.07, 6.45) is 3.21. The number of aromatic nitrogens is 2. The molecule has 0 unspecified atom stereocenters. The largest absolute Gasteiger partial charge is 0.325 e. The maximum Gasteiger partial charge on any atom is 0.244 e. The highest BCUT2D eigenvalue weighted by atomic mass is 32.2. The van der Waals surface area contributed by atoms with Crippen molar-refractivity contribution in [3.63, 3.8) is 0 Å². The molecule has 1 saturated heterocycles. The van der Waals surface area contributed by atoms with Crippen LogP contribution in [0, 0.1) is 6.92 Å². The number of ketones is 1. The third-order valence-corrected chi connectivity index (χ3v) is 6.42. The number of rotatable bonds is 6. The molecule has 1 aliphatic heterocycles. The minimum Gasteiger partial charge on any atom is -0.325 e. The molecule has 0 radical (unpaired) electrons. The van der Waals surface area contributed by atoms with E-state index in [0.29, 0.717) is 30.2 Å². The highest BCUT2D eigenvalue weighted by molar-refractivity contribution is 7.89. The van der Waals surface area contributed by atoms with E-state index in [4.69, 9.17) is 0 Å². The van der Waals surface area contributed by atoms with E-state index in [9.17, 15) is 18.0 Å². The predicted octanol–water partition coefficient (Wildman–Crippen LogP) is 1.82. The van der Waals surface area contributed by atoms with Crippen LogP contribution in [0.25, 0.3) is 0 Å². The number of nitrogens with zero attached hydrogens (tertiary/aromatic N) is 3. The molecule has 2 aromatic rings. The molecule has 1 N–H and O–H groups in total. The van der Waals surface area contributed by atoms with Crippen molar-refractivity contribution in [1.29, 1.82) is 0 Å². The Bertz CT molecular complexity index is 958. The standard InChI is InChI=1S/C18H22N4O4S/c1-13-18(14(2)23)21(12-19-13)11-17(24)20-15-5-7-16(8-6-15)27(25,26)22-9-3-4-10-22/h5-8,12H,3-4,9-11H2,1-2H3,(H,20,24). The molecule has 3 rings (SSSR count). The quantitative estimate of drug-likeness (QED) is 0.758. The minimum atomic E-state index is -3.47. The first kappa shape index (κ1) is 19.2. The summed E-state index contributed by atoms with van der Waals surface area (Å²) < 4.78 is 28.0. The van der Waals surface area contributed by atoms with Crippen molar-refractivity contribution in [1.82, 2.24) is 13.9 Å². The lowest BCUT2D eigenvalue weighted by atomic mass is 10.2. The summed E-state index contributed by atoms with van der Waals surface area (Å²) in [5.41, 5.74) is 1.46. The topological polar surface area (TPSA) is 101 Å². The molecule has 1 fully saturated rings. The molecule has 8 nitrogen and oxygen atoms in total. The smallest absolute Gasteiger partial charge is 0.244 e. The fraction of sp³-hybridized carbons (Fsp3) is 0.389. The van der Waals surface area contributed by atoms with Gasteiger partial charge in [-0.05, 0) is 44.0 Å². The number of imidazole rings is 1. The second-order valence-corrected chi connectivity index (χ2v) is 8.48. The first-order chi connectivity index (χ1) is 12.8. The van der Waals surface area contributed by atoms with Gasteiger partial charge in [-0.3, -0.25) is 9.59 Å². The van der Waals surface area contributed by atoms with Crippen molar-refractivity contribution in [2.24, 2.45) is 0 Å². The highest BCUT2D eigenvalue weighted by Crippen LogP contribution is 2.22. The van der Waals surface area contributed by atoms with Gasteiger partial charge in [0.2, 0.25) is 15.9 Å². The SMILES string of the molecule is CC(=O)c1c(C)ncn1CC(=O)Nc1ccc(S(=O)(=O)N2CCCC2)cc1. The number of hydrogen-bond acceptors (Lipinski definition) is 5. The van der Waals surface area contributed by atoms with E-state index in [0.717, 1.165) is 12.8 Å². The van der Waals surface area contributed by atoms with E-state index in [-0.39, 0.29) is 23.1 Å². The van der Waals surface area contributed by atoms with E-state index in [1.165, 1.54) is 34.3 Å². The van der Waals surface area contributed by atoms with Gasteiger partial charge in [-0.2, -0.15) is 4.31 Å². The molecule has 27 heavy (non-hydrogen) atoms. The number of benzene rings is 1. The molecule has 0 spiro atoms. The normalized spacial score (nSPS) is 15.0. The highest BCUT2D eigenvalue weighted by Gasteiger charge is 2.27. The maximum absolute atomic E-state index is 12.5. The van der Waals surface area contributed by atoms with E-state index < -0.39 is 10.0 Å². The molecule has 144 valence electrons. The molecule has 0 atom stereocenters. The summed E-state index contributed by atoms with van der Waals surface area (Å²) >= 11 is 0. The third kappa shape index (κ3) is 4.09. The second kappa shape index (κ2) is 7.61. The Kier molecular flexibility index (Phi) is 5.43. The summed E-state index contributed by atoms with van der Waals surface area (Å²) in [6, 6.07) is 6.11. The van der Waals surface area contributed by atoms with Crippen LogP contribution >= 0.6 is 0 Å². The van der Waals surface area contributed by atoms with Gasteiger partial charge in [-0.25, -0.2) is 13.4 Å². The number of aryl methyl sites for hydroxylation is 1. The van der Waals surface area contributed by atoms with Gasteiger partial charge in [-0.1, -0.05) is 0 Å². The van der Waals surface area contributed by atoms with Crippen LogP contribution in [0.4, 0.5) is 5.69 Å². The van der Waals surface area contributed by atoms with Crippen LogP contribution in [-0.2, 0) is 21.4 Å². The summed E-state index contributed by atoms with van der Waals surface area (Å²) in [5, 5.41) is 2.71. The van der Waals surface area contributed by atoms with Crippen LogP contribution in [0.3, 0.4) is 0 Å². The lowest BCUT2D eigenvalue weighted by Gasteiger charge is -2.15. The Balaban J connectivity index is 1.68. The molecule has 9 heteroatoms. The van der Waals surface area contributed by atoms with Crippen LogP contribution in [0.15, 0.2) is 35.5 Å². The van der Waals surface area contributed by atoms with Gasteiger partial charge in [0.05, 0.1) is 16.9 Å². The number of amides is 1. The van der Waals surface area contributed by atoms with E-state index >= 15 is 0 Å². The summed E-state index contributed by atoms with van der Waals surface area (Å²) in [5.74, 6) is -0.487. The Hall–Kier alpha value is -2.52. The Morgan fingerprint density at radius 1 is 1.15 bits per heavy atom. The zero-order valence-electron chi connectivity index (χ0n) is 15.3. The average molecular weight is 390 g/mol. The molecule has 1 aromatic carbocycles. The number of sulfonamides is 1. The van der Waals surface area contributed by atoms with Crippen molar-refractivity contribution >= 4 is 27.4 Å². The van der Waals surface area contributed by atoms with Crippen LogP contribution < -0.4 is 5.32 Å². The summed E-state index contributed by atoms with van der Waals surface area (Å²) in [4.78, 5) is 28.2. The Morgan fingerprint density at radius 2 is 1.78 bits per heavy atom. The zero-order valence-corrected chi connectivity index (χ0v) is 16.1. The monoisotopic (exact) mass is 390 g/mol. The fourth-order valence-electron chi connectivity index (χ4n) is 3.20. The summed E-state index contributed by atoms with van der Waals surface area (Å²) in [6.45, 7) is 4.18. The van der Waals surface area contributed by atoms with Crippen molar-refractivity contribution < 1.29 is 18.0 Å². The van der Waals surface area contributed by atoms with Crippen molar-refractivity contribution in [2.75, 3.05) is 18.4 Å². The number of hydrogen-bond donors (Lipinski definition) is 1. The molecule has 1 aromatic heterocycles. The minimum absolute atomic E-state index is 0.0520. The van der Waals surface area contributed by atoms with Crippen molar-refractivity contribution in [3.8, 4) is 0 Å². The van der Waals surface area contributed by atoms with Gasteiger partial charge in [0, 0.05) is 25.7 Å². The fourth-order valence-corrected chi connectivity index (χ4v) is 4.72.